The minimum absolute atomic E-state index is 0.0362. The van der Waals surface area contributed by atoms with E-state index in [2.05, 4.69) is 223 Å². The molecule has 268 valence electrons. The standard InChI is InChI=1S/C51H40BN3O/c1-35-48-30-14-15-33-51(35,2)40-24-16-29-46(50(40)56-48)53(36-18-6-3-7-19-36)39-31-32-42-47(34-39)55(38-22-10-5-11-23-38)45-28-17-27-44-49(45)52(42)41-25-12-13-26-43(41)54(44)37-20-8-4-9-21-37/h3-35,48H,1-2H3. The third kappa shape index (κ3) is 4.80. The SMILES string of the molecule is CC1C2C=CC=CC1(C)c1cccc(N(c3ccccc3)c3ccc4c(c3)N(c3ccccc3)c3cccc5c3B4c3ccccc3N5c3ccccc3)c1O2. The van der Waals surface area contributed by atoms with E-state index in [9.17, 15) is 0 Å². The van der Waals surface area contributed by atoms with Crippen LogP contribution in [0.3, 0.4) is 0 Å². The lowest BCUT2D eigenvalue weighted by Crippen LogP contribution is -2.61. The fourth-order valence-corrected chi connectivity index (χ4v) is 9.67. The van der Waals surface area contributed by atoms with Gasteiger partial charge >= 0.3 is 0 Å². The van der Waals surface area contributed by atoms with Crippen molar-refractivity contribution in [2.75, 3.05) is 14.7 Å². The molecule has 0 fully saturated rings. The van der Waals surface area contributed by atoms with E-state index in [0.717, 1.165) is 39.9 Å². The first kappa shape index (κ1) is 32.7. The molecule has 0 saturated heterocycles. The molecule has 3 atom stereocenters. The van der Waals surface area contributed by atoms with Gasteiger partial charge in [0.25, 0.3) is 6.71 Å². The number of fused-ring (bicyclic) bond motifs is 8. The average molecular weight is 722 g/mol. The van der Waals surface area contributed by atoms with Gasteiger partial charge in [-0.1, -0.05) is 129 Å². The van der Waals surface area contributed by atoms with E-state index in [-0.39, 0.29) is 24.1 Å². The third-order valence-electron chi connectivity index (χ3n) is 12.5. The molecule has 0 N–H and O–H groups in total. The van der Waals surface area contributed by atoms with E-state index in [1.54, 1.807) is 0 Å². The van der Waals surface area contributed by atoms with E-state index < -0.39 is 0 Å². The average Bonchev–Trinajstić information content (AvgIpc) is 3.33. The van der Waals surface area contributed by atoms with Crippen LogP contribution in [0.4, 0.5) is 51.2 Å². The van der Waals surface area contributed by atoms with Crippen molar-refractivity contribution >= 4 is 74.3 Å². The van der Waals surface area contributed by atoms with E-state index in [1.807, 2.05) is 0 Å². The topological polar surface area (TPSA) is 19.0 Å². The molecule has 3 aliphatic heterocycles. The van der Waals surface area contributed by atoms with Gasteiger partial charge < -0.3 is 19.4 Å². The molecule has 7 aromatic carbocycles. The maximum atomic E-state index is 7.02. The van der Waals surface area contributed by atoms with Crippen LogP contribution in [0.5, 0.6) is 5.75 Å². The van der Waals surface area contributed by atoms with Gasteiger partial charge in [0.2, 0.25) is 0 Å². The number of hydrogen-bond donors (Lipinski definition) is 0. The zero-order valence-corrected chi connectivity index (χ0v) is 31.5. The molecule has 0 aromatic heterocycles. The maximum absolute atomic E-state index is 7.02. The van der Waals surface area contributed by atoms with E-state index in [0.29, 0.717) is 0 Å². The summed E-state index contributed by atoms with van der Waals surface area (Å²) in [5.41, 5.74) is 15.2. The Balaban J connectivity index is 1.16. The van der Waals surface area contributed by atoms with Crippen molar-refractivity contribution in [2.24, 2.45) is 5.92 Å². The Bertz CT molecular complexity index is 2690. The Morgan fingerprint density at radius 3 is 1.91 bits per heavy atom. The summed E-state index contributed by atoms with van der Waals surface area (Å²) in [6.07, 6.45) is 8.85. The second-order valence-corrected chi connectivity index (χ2v) is 15.5. The van der Waals surface area contributed by atoms with Crippen LogP contribution in [0.2, 0.25) is 0 Å². The van der Waals surface area contributed by atoms with Crippen molar-refractivity contribution < 1.29 is 4.74 Å². The zero-order chi connectivity index (χ0) is 37.4. The van der Waals surface area contributed by atoms with Gasteiger partial charge in [-0.05, 0) is 95.3 Å². The van der Waals surface area contributed by atoms with Crippen LogP contribution in [-0.2, 0) is 5.41 Å². The molecule has 2 bridgehead atoms. The van der Waals surface area contributed by atoms with Crippen LogP contribution in [0.1, 0.15) is 19.4 Å². The maximum Gasteiger partial charge on any atom is 0.252 e. The second kappa shape index (κ2) is 12.7. The van der Waals surface area contributed by atoms with Crippen molar-refractivity contribution in [1.82, 2.24) is 0 Å². The smallest absolute Gasteiger partial charge is 0.252 e. The molecule has 3 unspecified atom stereocenters. The quantitative estimate of drug-likeness (QED) is 0.165. The van der Waals surface area contributed by atoms with Gasteiger partial charge in [-0.25, -0.2) is 0 Å². The van der Waals surface area contributed by atoms with Crippen LogP contribution in [0, 0.1) is 5.92 Å². The minimum atomic E-state index is -0.177. The largest absolute Gasteiger partial charge is 0.484 e. The Morgan fingerprint density at radius 2 is 1.18 bits per heavy atom. The Hall–Kier alpha value is -6.72. The van der Waals surface area contributed by atoms with Crippen molar-refractivity contribution in [3.05, 3.63) is 200 Å². The highest BCUT2D eigenvalue weighted by Crippen LogP contribution is 2.53. The number of para-hydroxylation sites is 5. The molecule has 0 amide bonds. The molecule has 5 heteroatoms. The molecule has 56 heavy (non-hydrogen) atoms. The summed E-state index contributed by atoms with van der Waals surface area (Å²) >= 11 is 0. The number of allylic oxidation sites excluding steroid dienone is 3. The molecule has 4 nitrogen and oxygen atoms in total. The third-order valence-corrected chi connectivity index (χ3v) is 12.5. The number of hydrogen-bond acceptors (Lipinski definition) is 4. The molecule has 0 saturated carbocycles. The predicted molar refractivity (Wildman–Crippen MR) is 234 cm³/mol. The van der Waals surface area contributed by atoms with Gasteiger partial charge in [-0.15, -0.1) is 0 Å². The Morgan fingerprint density at radius 1 is 0.571 bits per heavy atom. The number of anilines is 9. The molecule has 0 radical (unpaired) electrons. The fourth-order valence-electron chi connectivity index (χ4n) is 9.67. The zero-order valence-electron chi connectivity index (χ0n) is 31.5. The van der Waals surface area contributed by atoms with Crippen LogP contribution in [0.15, 0.2) is 194 Å². The number of rotatable bonds is 5. The lowest BCUT2D eigenvalue weighted by molar-refractivity contribution is 0.121. The summed E-state index contributed by atoms with van der Waals surface area (Å²) in [5.74, 6) is 1.22. The first-order chi connectivity index (χ1) is 27.6. The Labute approximate surface area is 329 Å². The molecule has 7 aromatic rings. The summed E-state index contributed by atoms with van der Waals surface area (Å²) in [6.45, 7) is 4.71. The highest BCUT2D eigenvalue weighted by molar-refractivity contribution is 7.00. The van der Waals surface area contributed by atoms with Crippen molar-refractivity contribution in [3.63, 3.8) is 0 Å². The molecule has 4 aliphatic rings. The lowest BCUT2D eigenvalue weighted by atomic mass is 9.33. The molecule has 3 heterocycles. The van der Waals surface area contributed by atoms with Crippen molar-refractivity contribution in [1.29, 1.82) is 0 Å². The summed E-state index contributed by atoms with van der Waals surface area (Å²) in [4.78, 5) is 7.30. The molecule has 1 aliphatic carbocycles. The van der Waals surface area contributed by atoms with Gasteiger partial charge in [-0.2, -0.15) is 0 Å². The van der Waals surface area contributed by atoms with Gasteiger partial charge in [0.15, 0.2) is 0 Å². The van der Waals surface area contributed by atoms with Gasteiger partial charge in [0.1, 0.15) is 11.9 Å². The summed E-state index contributed by atoms with van der Waals surface area (Å²) in [5, 5.41) is 0. The monoisotopic (exact) mass is 721 g/mol. The van der Waals surface area contributed by atoms with Crippen LogP contribution in [0.25, 0.3) is 0 Å². The van der Waals surface area contributed by atoms with Crippen LogP contribution >= 0.6 is 0 Å². The lowest BCUT2D eigenvalue weighted by Gasteiger charge is -2.45. The van der Waals surface area contributed by atoms with Crippen LogP contribution in [-0.4, -0.2) is 12.8 Å². The normalized spacial score (nSPS) is 19.6. The summed E-state index contributed by atoms with van der Waals surface area (Å²) in [7, 11) is 0. The fraction of sp³-hybridized carbons (Fsp3) is 0.0980. The van der Waals surface area contributed by atoms with Crippen LogP contribution < -0.4 is 35.8 Å². The van der Waals surface area contributed by atoms with E-state index in [4.69, 9.17) is 4.74 Å². The second-order valence-electron chi connectivity index (χ2n) is 15.5. The van der Waals surface area contributed by atoms with Crippen molar-refractivity contribution in [3.8, 4) is 5.75 Å². The summed E-state index contributed by atoms with van der Waals surface area (Å²) < 4.78 is 7.02. The van der Waals surface area contributed by atoms with E-state index in [1.165, 1.54) is 39.0 Å². The molecule has 11 rings (SSSR count). The number of benzene rings is 7. The first-order valence-corrected chi connectivity index (χ1v) is 19.7. The highest BCUT2D eigenvalue weighted by Gasteiger charge is 2.45. The first-order valence-electron chi connectivity index (χ1n) is 19.7. The molecule has 0 spiro atoms. The van der Waals surface area contributed by atoms with E-state index >= 15 is 0 Å². The number of nitrogens with zero attached hydrogens (tertiary/aromatic N) is 3. The number of ether oxygens (including phenoxy) is 1. The molecular formula is C51H40BN3O. The van der Waals surface area contributed by atoms with Gasteiger partial charge in [-0.3, -0.25) is 0 Å². The molecular weight excluding hydrogens is 681 g/mol. The Kier molecular flexibility index (Phi) is 7.40. The summed E-state index contributed by atoms with van der Waals surface area (Å²) in [6, 6.07) is 61.8. The predicted octanol–water partition coefficient (Wildman–Crippen LogP) is 11.0. The van der Waals surface area contributed by atoms with Gasteiger partial charge in [0.05, 0.1) is 5.69 Å². The highest BCUT2D eigenvalue weighted by atomic mass is 16.5. The minimum Gasteiger partial charge on any atom is -0.484 e. The van der Waals surface area contributed by atoms with Crippen molar-refractivity contribution in [2.45, 2.75) is 25.4 Å². The van der Waals surface area contributed by atoms with Gasteiger partial charge in [0, 0.05) is 62.4 Å².